The first-order chi connectivity index (χ1) is 51.7. The van der Waals surface area contributed by atoms with E-state index >= 15 is 0 Å². The van der Waals surface area contributed by atoms with Crippen LogP contribution in [0.25, 0.3) is 11.1 Å². The summed E-state index contributed by atoms with van der Waals surface area (Å²) in [4.78, 5) is 63.3. The maximum Gasteiger partial charge on any atom is 0.407 e. The molecule has 1 aliphatic rings. The molecular weight excluding hydrogens is 1390 g/mol. The molecule has 0 saturated heterocycles. The largest absolute Gasteiger partial charge is 0.460 e. The first-order valence-electron chi connectivity index (χ1n) is 37.9. The summed E-state index contributed by atoms with van der Waals surface area (Å²) in [5.74, 6) is -0.926. The maximum atomic E-state index is 13.3. The number of Topliss-reactive ketones (excluding diaryl/α,β-unsaturated/α-hetero) is 1. The number of carbonyl (C=O) groups is 5. The molecule has 2 aromatic carbocycles. The molecule has 0 fully saturated rings. The van der Waals surface area contributed by atoms with Crippen molar-refractivity contribution in [3.05, 3.63) is 71.5 Å². The maximum absolute atomic E-state index is 13.3. The molecule has 0 spiro atoms. The predicted molar refractivity (Wildman–Crippen MR) is 397 cm³/mol. The van der Waals surface area contributed by atoms with Crippen LogP contribution in [0.5, 0.6) is 0 Å². The van der Waals surface area contributed by atoms with Crippen LogP contribution in [0.3, 0.4) is 0 Å². The fourth-order valence-electron chi connectivity index (χ4n) is 10.4. The normalized spacial score (nSPS) is 12.9. The van der Waals surface area contributed by atoms with Crippen LogP contribution < -0.4 is 16.0 Å². The molecular formula is C77H128N6O24. The summed E-state index contributed by atoms with van der Waals surface area (Å²) in [5.41, 5.74) is 3.72. The number of aromatic nitrogens is 3. The van der Waals surface area contributed by atoms with Crippen molar-refractivity contribution in [2.24, 2.45) is 5.41 Å². The number of rotatable bonds is 67. The van der Waals surface area contributed by atoms with Crippen molar-refractivity contribution in [1.29, 1.82) is 0 Å². The van der Waals surface area contributed by atoms with Crippen LogP contribution in [0, 0.1) is 5.41 Å². The van der Waals surface area contributed by atoms with Crippen molar-refractivity contribution in [3.8, 4) is 11.1 Å². The second-order valence-corrected chi connectivity index (χ2v) is 28.1. The molecule has 3 N–H and O–H groups in total. The molecule has 0 aliphatic heterocycles. The van der Waals surface area contributed by atoms with Gasteiger partial charge in [-0.1, -0.05) is 74.5 Å². The topological polar surface area (TPSA) is 328 Å². The predicted octanol–water partition coefficient (Wildman–Crippen LogP) is 8.04. The number of fused-ring (bicyclic) bond motifs is 3. The molecule has 0 saturated carbocycles. The van der Waals surface area contributed by atoms with Crippen molar-refractivity contribution >= 4 is 29.8 Å². The number of alkyl carbamates (subject to hydrolysis) is 1. The van der Waals surface area contributed by atoms with Crippen LogP contribution in [0.4, 0.5) is 9.59 Å². The molecule has 3 aromatic rings. The highest BCUT2D eigenvalue weighted by molar-refractivity contribution is 5.84. The van der Waals surface area contributed by atoms with Gasteiger partial charge in [-0.3, -0.25) is 14.3 Å². The number of benzene rings is 2. The van der Waals surface area contributed by atoms with E-state index in [2.05, 4.69) is 50.5 Å². The number of aryl methyl sites for hydroxylation is 1. The van der Waals surface area contributed by atoms with Crippen molar-refractivity contribution in [1.82, 2.24) is 30.9 Å². The number of nitrogens with zero attached hydrogens (tertiary/aromatic N) is 3. The zero-order chi connectivity index (χ0) is 77.3. The lowest BCUT2D eigenvalue weighted by Crippen LogP contribution is -2.53. The Labute approximate surface area is 634 Å². The third-order valence-corrected chi connectivity index (χ3v) is 15.7. The molecule has 30 nitrogen and oxygen atoms in total. The first-order valence-corrected chi connectivity index (χ1v) is 37.9. The minimum absolute atomic E-state index is 0.0207. The SMILES string of the molecule is CC(C)(C)OC(=O)CC[C@H](NC(=O)N[C@@H](CCCCn1cc(COCCOCCOCCOCCOCCOCCOCCOCCCC(=O)CCOCCOCCOCCOCCOCCOCCOCCOCCNC(=O)OCC2c3ccccc3-c3ccccc32)nn1)C(C)(C)C)C(=O)OC(C)(C)C. The van der Waals surface area contributed by atoms with Gasteiger partial charge in [0.1, 0.15) is 35.3 Å². The highest BCUT2D eigenvalue weighted by Gasteiger charge is 2.32. The third kappa shape index (κ3) is 48.4. The van der Waals surface area contributed by atoms with Crippen LogP contribution in [0.15, 0.2) is 54.7 Å². The minimum Gasteiger partial charge on any atom is -0.460 e. The van der Waals surface area contributed by atoms with Gasteiger partial charge in [0.2, 0.25) is 0 Å². The van der Waals surface area contributed by atoms with E-state index in [4.69, 9.17) is 90.0 Å². The summed E-state index contributed by atoms with van der Waals surface area (Å²) in [6.07, 6.45) is 5.09. The van der Waals surface area contributed by atoms with Crippen LogP contribution >= 0.6 is 0 Å². The number of urea groups is 1. The van der Waals surface area contributed by atoms with E-state index in [-0.39, 0.29) is 42.6 Å². The van der Waals surface area contributed by atoms with E-state index in [1.165, 1.54) is 22.3 Å². The van der Waals surface area contributed by atoms with Crippen molar-refractivity contribution in [2.45, 2.75) is 156 Å². The number of carbonyl (C=O) groups excluding carboxylic acids is 5. The Morgan fingerprint density at radius 3 is 1.29 bits per heavy atom. The highest BCUT2D eigenvalue weighted by atomic mass is 16.6. The number of ketones is 1. The Morgan fingerprint density at radius 2 is 0.850 bits per heavy atom. The molecule has 0 unspecified atom stereocenters. The molecule has 107 heavy (non-hydrogen) atoms. The minimum atomic E-state index is -1.03. The number of hydrogen-bond acceptors (Lipinski definition) is 26. The lowest BCUT2D eigenvalue weighted by Gasteiger charge is -2.32. The van der Waals surface area contributed by atoms with Crippen molar-refractivity contribution in [3.63, 3.8) is 0 Å². The summed E-state index contributed by atoms with van der Waals surface area (Å²) in [5, 5.41) is 17.0. The standard InChI is InChI=1S/C77H128N6O24/c1-75(2,3)70(80-73(87)79-69(72(86)107-77(7,8)9)23-24-71(85)106-76(4,5)6)22-14-15-27-83-59-62(81-82-83)60-104-58-57-103-56-55-102-54-53-101-52-51-98-46-43-95-40-37-92-34-31-89-28-16-17-63(84)25-29-90-32-35-93-38-41-96-44-47-99-49-50-100-48-45-97-42-39-94-36-33-91-30-26-78-74(88)105-61-68-66-20-12-10-18-64(66)65-19-11-13-21-67(65)68/h10-13,18-21,59,68-70H,14-17,22-58,60-61H2,1-9H3,(H,78,88)(H2,79,80,87)/t69-,70-/m0/s1. The van der Waals surface area contributed by atoms with Crippen LogP contribution in [0.1, 0.15) is 136 Å². The summed E-state index contributed by atoms with van der Waals surface area (Å²) in [6, 6.07) is 14.7. The smallest absolute Gasteiger partial charge is 0.407 e. The monoisotopic (exact) mass is 1520 g/mol. The molecule has 2 atom stereocenters. The number of esters is 2. The Bertz CT molecular complexity index is 2750. The van der Waals surface area contributed by atoms with Gasteiger partial charge in [0.25, 0.3) is 0 Å². The van der Waals surface area contributed by atoms with Gasteiger partial charge in [-0.15, -0.1) is 5.10 Å². The average Bonchev–Trinajstić information content (AvgIpc) is 1.62. The second kappa shape index (κ2) is 58.1. The molecule has 1 aromatic heterocycles. The molecule has 610 valence electrons. The Morgan fingerprint density at radius 1 is 0.439 bits per heavy atom. The highest BCUT2D eigenvalue weighted by Crippen LogP contribution is 2.44. The molecule has 0 radical (unpaired) electrons. The van der Waals surface area contributed by atoms with E-state index in [1.54, 1.807) is 46.2 Å². The van der Waals surface area contributed by atoms with E-state index in [9.17, 15) is 24.0 Å². The van der Waals surface area contributed by atoms with Crippen LogP contribution in [-0.2, 0) is 118 Å². The summed E-state index contributed by atoms with van der Waals surface area (Å²) < 4.78 is 107. The second-order valence-electron chi connectivity index (χ2n) is 28.1. The molecule has 1 heterocycles. The molecule has 3 amide bonds. The fourth-order valence-corrected chi connectivity index (χ4v) is 10.4. The Kier molecular flexibility index (Phi) is 50.7. The van der Waals surface area contributed by atoms with E-state index < -0.39 is 41.3 Å². The quantitative estimate of drug-likeness (QED) is 0.0273. The molecule has 1 aliphatic carbocycles. The summed E-state index contributed by atoms with van der Waals surface area (Å²) in [7, 11) is 0. The van der Waals surface area contributed by atoms with Gasteiger partial charge in [0.05, 0.1) is 211 Å². The van der Waals surface area contributed by atoms with Gasteiger partial charge in [0, 0.05) is 50.9 Å². The number of nitrogens with one attached hydrogen (secondary N) is 3. The van der Waals surface area contributed by atoms with Gasteiger partial charge in [-0.05, 0) is 101 Å². The molecule has 0 bridgehead atoms. The number of hydrogen-bond donors (Lipinski definition) is 3. The molecule has 4 rings (SSSR count). The zero-order valence-corrected chi connectivity index (χ0v) is 65.5. The number of ether oxygens (including phenoxy) is 19. The fraction of sp³-hybridized carbons (Fsp3) is 0.753. The number of amides is 3. The number of unbranched alkanes of at least 4 members (excludes halogenated alkanes) is 1. The van der Waals surface area contributed by atoms with Crippen LogP contribution in [0.2, 0.25) is 0 Å². The van der Waals surface area contributed by atoms with Gasteiger partial charge >= 0.3 is 24.1 Å². The lowest BCUT2D eigenvalue weighted by molar-refractivity contribution is -0.158. The van der Waals surface area contributed by atoms with Gasteiger partial charge in [-0.2, -0.15) is 0 Å². The zero-order valence-electron chi connectivity index (χ0n) is 65.5. The average molecular weight is 1520 g/mol. The third-order valence-electron chi connectivity index (χ3n) is 15.7. The summed E-state index contributed by atoms with van der Waals surface area (Å²) in [6.45, 7) is 31.7. The van der Waals surface area contributed by atoms with Gasteiger partial charge in [0.15, 0.2) is 0 Å². The molecule has 30 heteroatoms. The van der Waals surface area contributed by atoms with Crippen molar-refractivity contribution < 1.29 is 114 Å². The first kappa shape index (κ1) is 93.5. The van der Waals surface area contributed by atoms with E-state index in [1.807, 2.05) is 51.2 Å². The Hall–Kier alpha value is -5.91. The van der Waals surface area contributed by atoms with E-state index in [0.29, 0.717) is 256 Å². The van der Waals surface area contributed by atoms with Crippen molar-refractivity contribution in [2.75, 3.05) is 218 Å². The summed E-state index contributed by atoms with van der Waals surface area (Å²) >= 11 is 0. The van der Waals surface area contributed by atoms with E-state index in [0.717, 1.165) is 12.8 Å². The van der Waals surface area contributed by atoms with Gasteiger partial charge < -0.3 is 106 Å². The van der Waals surface area contributed by atoms with Crippen LogP contribution in [-0.4, -0.2) is 286 Å². The van der Waals surface area contributed by atoms with Gasteiger partial charge in [-0.25, -0.2) is 14.4 Å². The lowest BCUT2D eigenvalue weighted by atomic mass is 9.84. The Balaban J connectivity index is 0.775.